The number of hydrazone groups is 1. The SMILES string of the molecule is c1ccc(N2N=C(c3cccs3)C[C@@H]2c2cccs2)cc1. The summed E-state index contributed by atoms with van der Waals surface area (Å²) in [5.74, 6) is 0. The van der Waals surface area contributed by atoms with Crippen molar-refractivity contribution in [3.05, 3.63) is 75.1 Å². The molecule has 0 radical (unpaired) electrons. The summed E-state index contributed by atoms with van der Waals surface area (Å²) in [7, 11) is 0. The first-order valence-corrected chi connectivity index (χ1v) is 8.67. The van der Waals surface area contributed by atoms with Gasteiger partial charge in [-0.15, -0.1) is 22.7 Å². The number of para-hydroxylation sites is 1. The number of anilines is 1. The molecule has 0 saturated carbocycles. The lowest BCUT2D eigenvalue weighted by Crippen LogP contribution is -2.17. The summed E-state index contributed by atoms with van der Waals surface area (Å²) >= 11 is 3.57. The van der Waals surface area contributed by atoms with Gasteiger partial charge in [0.1, 0.15) is 0 Å². The number of benzene rings is 1. The monoisotopic (exact) mass is 310 g/mol. The fraction of sp³-hybridized carbons (Fsp3) is 0.118. The van der Waals surface area contributed by atoms with Crippen molar-refractivity contribution in [2.75, 3.05) is 5.01 Å². The van der Waals surface area contributed by atoms with Crippen LogP contribution in [0.15, 0.2) is 70.5 Å². The lowest BCUT2D eigenvalue weighted by molar-refractivity contribution is 0.722. The highest BCUT2D eigenvalue weighted by Crippen LogP contribution is 2.38. The summed E-state index contributed by atoms with van der Waals surface area (Å²) in [6, 6.07) is 19.3. The molecule has 3 aromatic rings. The van der Waals surface area contributed by atoms with E-state index >= 15 is 0 Å². The minimum Gasteiger partial charge on any atom is -0.257 e. The second-order valence-corrected chi connectivity index (χ2v) is 6.87. The molecule has 2 nitrogen and oxygen atoms in total. The van der Waals surface area contributed by atoms with Crippen LogP contribution in [0.2, 0.25) is 0 Å². The van der Waals surface area contributed by atoms with Crippen LogP contribution in [0, 0.1) is 0 Å². The largest absolute Gasteiger partial charge is 0.257 e. The minimum atomic E-state index is 0.310. The number of hydrogen-bond donors (Lipinski definition) is 0. The van der Waals surface area contributed by atoms with E-state index in [4.69, 9.17) is 5.10 Å². The fourth-order valence-corrected chi connectivity index (χ4v) is 4.16. The molecule has 2 aromatic heterocycles. The van der Waals surface area contributed by atoms with Gasteiger partial charge in [-0.25, -0.2) is 0 Å². The highest BCUT2D eigenvalue weighted by Gasteiger charge is 2.30. The van der Waals surface area contributed by atoms with Crippen LogP contribution in [0.4, 0.5) is 5.69 Å². The Hall–Kier alpha value is -1.91. The molecule has 0 bridgehead atoms. The topological polar surface area (TPSA) is 15.6 Å². The molecule has 0 aliphatic carbocycles. The van der Waals surface area contributed by atoms with Crippen LogP contribution in [0.3, 0.4) is 0 Å². The molecule has 1 atom stereocenters. The minimum absolute atomic E-state index is 0.310. The van der Waals surface area contributed by atoms with Crippen LogP contribution in [0.1, 0.15) is 22.2 Å². The van der Waals surface area contributed by atoms with Crippen LogP contribution in [-0.4, -0.2) is 5.71 Å². The Morgan fingerprint density at radius 1 is 0.905 bits per heavy atom. The molecule has 1 aliphatic rings. The molecule has 21 heavy (non-hydrogen) atoms. The molecule has 0 spiro atoms. The highest BCUT2D eigenvalue weighted by atomic mass is 32.1. The van der Waals surface area contributed by atoms with Gasteiger partial charge in [0.2, 0.25) is 0 Å². The van der Waals surface area contributed by atoms with E-state index in [1.165, 1.54) is 15.5 Å². The van der Waals surface area contributed by atoms with Crippen molar-refractivity contribution in [2.24, 2.45) is 5.10 Å². The Kier molecular flexibility index (Phi) is 3.33. The number of nitrogens with zero attached hydrogens (tertiary/aromatic N) is 2. The molecule has 3 heterocycles. The van der Waals surface area contributed by atoms with E-state index in [-0.39, 0.29) is 0 Å². The molecular weight excluding hydrogens is 296 g/mol. The third-order valence-electron chi connectivity index (χ3n) is 3.61. The zero-order chi connectivity index (χ0) is 14.1. The smallest absolute Gasteiger partial charge is 0.0923 e. The molecular formula is C17H14N2S2. The molecule has 0 N–H and O–H groups in total. The van der Waals surface area contributed by atoms with Gasteiger partial charge in [0, 0.05) is 11.3 Å². The second kappa shape index (κ2) is 5.47. The van der Waals surface area contributed by atoms with Gasteiger partial charge in [-0.1, -0.05) is 30.3 Å². The first-order valence-electron chi connectivity index (χ1n) is 6.91. The quantitative estimate of drug-likeness (QED) is 0.652. The zero-order valence-electron chi connectivity index (χ0n) is 11.3. The third-order valence-corrected chi connectivity index (χ3v) is 5.50. The van der Waals surface area contributed by atoms with Gasteiger partial charge in [0.05, 0.1) is 22.3 Å². The third kappa shape index (κ3) is 2.41. The van der Waals surface area contributed by atoms with Gasteiger partial charge in [-0.3, -0.25) is 5.01 Å². The van der Waals surface area contributed by atoms with Crippen molar-refractivity contribution in [1.82, 2.24) is 0 Å². The number of thiophene rings is 2. The predicted octanol–water partition coefficient (Wildman–Crippen LogP) is 5.17. The van der Waals surface area contributed by atoms with Crippen LogP contribution >= 0.6 is 22.7 Å². The van der Waals surface area contributed by atoms with Gasteiger partial charge >= 0.3 is 0 Å². The fourth-order valence-electron chi connectivity index (χ4n) is 2.62. The Bertz CT molecular complexity index is 730. The maximum Gasteiger partial charge on any atom is 0.0923 e. The van der Waals surface area contributed by atoms with E-state index in [0.717, 1.165) is 12.1 Å². The Morgan fingerprint density at radius 2 is 1.71 bits per heavy atom. The van der Waals surface area contributed by atoms with Crippen molar-refractivity contribution < 1.29 is 0 Å². The molecule has 0 fully saturated rings. The predicted molar refractivity (Wildman–Crippen MR) is 91.5 cm³/mol. The molecule has 0 amide bonds. The van der Waals surface area contributed by atoms with Gasteiger partial charge < -0.3 is 0 Å². The number of rotatable bonds is 3. The summed E-state index contributed by atoms with van der Waals surface area (Å²) in [5, 5.41) is 11.3. The van der Waals surface area contributed by atoms with Crippen LogP contribution in [-0.2, 0) is 0 Å². The zero-order valence-corrected chi connectivity index (χ0v) is 13.0. The molecule has 0 saturated heterocycles. The van der Waals surface area contributed by atoms with E-state index in [0.29, 0.717) is 6.04 Å². The average Bonchev–Trinajstić information content (AvgIpc) is 3.27. The lowest BCUT2D eigenvalue weighted by Gasteiger charge is -2.22. The van der Waals surface area contributed by atoms with Crippen molar-refractivity contribution in [3.63, 3.8) is 0 Å². The van der Waals surface area contributed by atoms with Gasteiger partial charge in [0.15, 0.2) is 0 Å². The molecule has 1 aromatic carbocycles. The van der Waals surface area contributed by atoms with E-state index in [2.05, 4.69) is 64.3 Å². The maximum atomic E-state index is 4.91. The van der Waals surface area contributed by atoms with Gasteiger partial charge in [0.25, 0.3) is 0 Å². The molecule has 4 rings (SSSR count). The maximum absolute atomic E-state index is 4.91. The Labute approximate surface area is 132 Å². The van der Waals surface area contributed by atoms with Crippen molar-refractivity contribution >= 4 is 34.1 Å². The van der Waals surface area contributed by atoms with Crippen molar-refractivity contribution in [2.45, 2.75) is 12.5 Å². The Balaban J connectivity index is 1.75. The Morgan fingerprint density at radius 3 is 2.43 bits per heavy atom. The van der Waals surface area contributed by atoms with E-state index in [1.807, 2.05) is 6.07 Å². The van der Waals surface area contributed by atoms with Crippen LogP contribution < -0.4 is 5.01 Å². The summed E-state index contributed by atoms with van der Waals surface area (Å²) < 4.78 is 0. The second-order valence-electron chi connectivity index (χ2n) is 4.94. The van der Waals surface area contributed by atoms with Crippen LogP contribution in [0.5, 0.6) is 0 Å². The summed E-state index contributed by atoms with van der Waals surface area (Å²) in [6.45, 7) is 0. The standard InChI is InChI=1S/C17H14N2S2/c1-2-6-13(7-3-1)19-15(17-9-5-11-21-17)12-14(18-19)16-8-4-10-20-16/h1-11,15H,12H2/t15-/m1/s1. The normalized spacial score (nSPS) is 18.0. The average molecular weight is 310 g/mol. The van der Waals surface area contributed by atoms with Crippen LogP contribution in [0.25, 0.3) is 0 Å². The molecule has 104 valence electrons. The van der Waals surface area contributed by atoms with E-state index in [9.17, 15) is 0 Å². The molecule has 0 unspecified atom stereocenters. The first-order chi connectivity index (χ1) is 10.4. The van der Waals surface area contributed by atoms with Gasteiger partial charge in [-0.05, 0) is 35.0 Å². The summed E-state index contributed by atoms with van der Waals surface area (Å²) in [4.78, 5) is 2.64. The summed E-state index contributed by atoms with van der Waals surface area (Å²) in [5.41, 5.74) is 2.34. The van der Waals surface area contributed by atoms with Gasteiger partial charge in [-0.2, -0.15) is 5.10 Å². The first kappa shape index (κ1) is 12.8. The van der Waals surface area contributed by atoms with E-state index in [1.54, 1.807) is 22.7 Å². The number of hydrogen-bond acceptors (Lipinski definition) is 4. The highest BCUT2D eigenvalue weighted by molar-refractivity contribution is 7.12. The summed E-state index contributed by atoms with van der Waals surface area (Å²) in [6.07, 6.45) is 0.968. The van der Waals surface area contributed by atoms with E-state index < -0.39 is 0 Å². The lowest BCUT2D eigenvalue weighted by atomic mass is 10.1. The van der Waals surface area contributed by atoms with Crippen molar-refractivity contribution in [3.8, 4) is 0 Å². The molecule has 4 heteroatoms. The van der Waals surface area contributed by atoms with Crippen molar-refractivity contribution in [1.29, 1.82) is 0 Å². The molecule has 1 aliphatic heterocycles.